The van der Waals surface area contributed by atoms with Crippen molar-refractivity contribution in [3.05, 3.63) is 46.3 Å². The summed E-state index contributed by atoms with van der Waals surface area (Å²) in [5.41, 5.74) is 0.577. The summed E-state index contributed by atoms with van der Waals surface area (Å²) in [6.07, 6.45) is -0.386. The smallest absolute Gasteiger partial charge is 0.173 e. The Balaban J connectivity index is 1.43. The molecule has 5 rings (SSSR count). The standard InChI is InChI=1S/C22H25BrF2N6O5/c1-22(9-35-10-22)16-7-30(28-27-16)6-14-21(34-2)19(20(33)15(8-32)36-14)31-5-13(26-29-31)11-3-4-12(23)18(25)17(11)24/h3-5,7,14-15,19-21,32-33H,6,8-10H2,1-2H3/t14-,15-,19+,20+,21+/m1/s1. The normalized spacial score (nSPS) is 27.7. The van der Waals surface area contributed by atoms with Gasteiger partial charge in [-0.2, -0.15) is 0 Å². The van der Waals surface area contributed by atoms with Crippen LogP contribution in [0.4, 0.5) is 8.78 Å². The van der Waals surface area contributed by atoms with Gasteiger partial charge in [0.15, 0.2) is 11.6 Å². The number of aromatic nitrogens is 6. The van der Waals surface area contributed by atoms with Gasteiger partial charge >= 0.3 is 0 Å². The first-order chi connectivity index (χ1) is 17.3. The Morgan fingerprint density at radius 2 is 1.94 bits per heavy atom. The van der Waals surface area contributed by atoms with Gasteiger partial charge in [0.2, 0.25) is 0 Å². The monoisotopic (exact) mass is 570 g/mol. The number of aliphatic hydroxyl groups excluding tert-OH is 2. The molecule has 0 saturated carbocycles. The molecule has 194 valence electrons. The van der Waals surface area contributed by atoms with Gasteiger partial charge in [0.25, 0.3) is 0 Å². The van der Waals surface area contributed by atoms with Gasteiger partial charge in [0, 0.05) is 18.9 Å². The molecular formula is C22H25BrF2N6O5. The molecular weight excluding hydrogens is 546 g/mol. The van der Waals surface area contributed by atoms with Crippen molar-refractivity contribution in [1.29, 1.82) is 0 Å². The van der Waals surface area contributed by atoms with Gasteiger partial charge in [0.1, 0.15) is 36.2 Å². The van der Waals surface area contributed by atoms with E-state index >= 15 is 0 Å². The highest BCUT2D eigenvalue weighted by atomic mass is 79.9. The van der Waals surface area contributed by atoms with Gasteiger partial charge in [-0.05, 0) is 35.0 Å². The maximum Gasteiger partial charge on any atom is 0.173 e. The number of halogens is 3. The second-order valence-electron chi connectivity index (χ2n) is 9.26. The SMILES string of the molecule is CO[C@@H]1[C@@H](n2cc(-c3ccc(Br)c(F)c3F)nn2)[C@@H](O)[C@@H](CO)O[C@@H]1Cn1cc(C2(C)COC2)nn1. The minimum absolute atomic E-state index is 0.0147. The molecule has 0 amide bonds. The summed E-state index contributed by atoms with van der Waals surface area (Å²) in [4.78, 5) is 0. The quantitative estimate of drug-likeness (QED) is 0.403. The second kappa shape index (κ2) is 9.84. The van der Waals surface area contributed by atoms with Crippen molar-refractivity contribution in [2.24, 2.45) is 0 Å². The number of rotatable bonds is 7. The number of ether oxygens (including phenoxy) is 3. The molecule has 2 N–H and O–H groups in total. The Bertz CT molecular complexity index is 1240. The molecule has 2 aliphatic rings. The van der Waals surface area contributed by atoms with E-state index in [2.05, 4.69) is 36.6 Å². The fourth-order valence-electron chi connectivity index (χ4n) is 4.59. The van der Waals surface area contributed by atoms with E-state index in [0.29, 0.717) is 13.2 Å². The Kier molecular flexibility index (Phi) is 6.91. The van der Waals surface area contributed by atoms with E-state index in [-0.39, 0.29) is 27.7 Å². The van der Waals surface area contributed by atoms with Gasteiger partial charge in [0.05, 0.1) is 48.1 Å². The summed E-state index contributed by atoms with van der Waals surface area (Å²) < 4.78 is 48.5. The van der Waals surface area contributed by atoms with Crippen molar-refractivity contribution in [3.63, 3.8) is 0 Å². The highest BCUT2D eigenvalue weighted by molar-refractivity contribution is 9.10. The van der Waals surface area contributed by atoms with Crippen LogP contribution in [0.1, 0.15) is 18.7 Å². The minimum Gasteiger partial charge on any atom is -0.394 e. The largest absolute Gasteiger partial charge is 0.394 e. The molecule has 2 fully saturated rings. The van der Waals surface area contributed by atoms with Crippen LogP contribution in [0.2, 0.25) is 0 Å². The minimum atomic E-state index is -1.23. The molecule has 3 aromatic rings. The van der Waals surface area contributed by atoms with Crippen LogP contribution in [0, 0.1) is 11.6 Å². The van der Waals surface area contributed by atoms with E-state index in [0.717, 1.165) is 5.69 Å². The third-order valence-corrected chi connectivity index (χ3v) is 7.34. The maximum absolute atomic E-state index is 14.5. The molecule has 14 heteroatoms. The third kappa shape index (κ3) is 4.35. The van der Waals surface area contributed by atoms with Crippen LogP contribution in [0.25, 0.3) is 11.3 Å². The molecule has 11 nitrogen and oxygen atoms in total. The van der Waals surface area contributed by atoms with E-state index in [1.807, 2.05) is 13.1 Å². The molecule has 0 radical (unpaired) electrons. The Morgan fingerprint density at radius 3 is 2.61 bits per heavy atom. The number of nitrogens with zero attached hydrogens (tertiary/aromatic N) is 6. The molecule has 2 aromatic heterocycles. The van der Waals surface area contributed by atoms with Gasteiger partial charge in [-0.25, -0.2) is 18.1 Å². The average Bonchev–Trinajstić information content (AvgIpc) is 3.52. The zero-order chi connectivity index (χ0) is 25.6. The van der Waals surface area contributed by atoms with Crippen molar-refractivity contribution < 1.29 is 33.2 Å². The predicted molar refractivity (Wildman–Crippen MR) is 123 cm³/mol. The summed E-state index contributed by atoms with van der Waals surface area (Å²) in [5, 5.41) is 37.4. The first kappa shape index (κ1) is 25.3. The lowest BCUT2D eigenvalue weighted by Gasteiger charge is -2.43. The molecule has 2 saturated heterocycles. The van der Waals surface area contributed by atoms with Gasteiger partial charge in [-0.15, -0.1) is 10.2 Å². The van der Waals surface area contributed by atoms with Crippen molar-refractivity contribution in [2.45, 2.75) is 49.3 Å². The summed E-state index contributed by atoms with van der Waals surface area (Å²) in [6, 6.07) is 1.89. The average molecular weight is 571 g/mol. The van der Waals surface area contributed by atoms with E-state index in [4.69, 9.17) is 14.2 Å². The van der Waals surface area contributed by atoms with Crippen LogP contribution < -0.4 is 0 Å². The molecule has 5 atom stereocenters. The number of methoxy groups -OCH3 is 1. The lowest BCUT2D eigenvalue weighted by molar-refractivity contribution is -0.216. The Morgan fingerprint density at radius 1 is 1.17 bits per heavy atom. The molecule has 1 aromatic carbocycles. The van der Waals surface area contributed by atoms with Crippen LogP contribution in [0.15, 0.2) is 29.0 Å². The fourth-order valence-corrected chi connectivity index (χ4v) is 4.89. The molecule has 0 aliphatic carbocycles. The predicted octanol–water partition coefficient (Wildman–Crippen LogP) is 1.24. The molecule has 2 aliphatic heterocycles. The summed E-state index contributed by atoms with van der Waals surface area (Å²) in [7, 11) is 1.46. The van der Waals surface area contributed by atoms with Crippen LogP contribution in [-0.2, 0) is 26.2 Å². The van der Waals surface area contributed by atoms with Crippen molar-refractivity contribution in [2.75, 3.05) is 26.9 Å². The van der Waals surface area contributed by atoms with E-state index in [9.17, 15) is 19.0 Å². The second-order valence-corrected chi connectivity index (χ2v) is 10.1. The molecule has 4 heterocycles. The van der Waals surface area contributed by atoms with Crippen molar-refractivity contribution >= 4 is 15.9 Å². The van der Waals surface area contributed by atoms with Crippen molar-refractivity contribution in [3.8, 4) is 11.3 Å². The number of hydrogen-bond acceptors (Lipinski definition) is 9. The number of benzene rings is 1. The van der Waals surface area contributed by atoms with Crippen LogP contribution in [0.3, 0.4) is 0 Å². The van der Waals surface area contributed by atoms with Crippen molar-refractivity contribution in [1.82, 2.24) is 30.0 Å². The van der Waals surface area contributed by atoms with E-state index < -0.39 is 48.7 Å². The lowest BCUT2D eigenvalue weighted by atomic mass is 9.85. The highest BCUT2D eigenvalue weighted by Gasteiger charge is 2.47. The first-order valence-corrected chi connectivity index (χ1v) is 12.1. The summed E-state index contributed by atoms with van der Waals surface area (Å²) >= 11 is 2.95. The first-order valence-electron chi connectivity index (χ1n) is 11.3. The number of hydrogen-bond donors (Lipinski definition) is 2. The topological polar surface area (TPSA) is 130 Å². The third-order valence-electron chi connectivity index (χ3n) is 6.73. The van der Waals surface area contributed by atoms with Gasteiger partial charge in [-0.1, -0.05) is 10.4 Å². The molecule has 0 unspecified atom stereocenters. The zero-order valence-electron chi connectivity index (χ0n) is 19.5. The maximum atomic E-state index is 14.5. The number of aliphatic hydroxyl groups is 2. The van der Waals surface area contributed by atoms with E-state index in [1.165, 1.54) is 30.1 Å². The Hall–Kier alpha value is -2.36. The lowest BCUT2D eigenvalue weighted by Crippen LogP contribution is -2.57. The van der Waals surface area contributed by atoms with Gasteiger partial charge < -0.3 is 24.4 Å². The summed E-state index contributed by atoms with van der Waals surface area (Å²) in [6.45, 7) is 2.92. The highest BCUT2D eigenvalue weighted by Crippen LogP contribution is 2.35. The summed E-state index contributed by atoms with van der Waals surface area (Å²) in [5.74, 6) is -2.12. The molecule has 0 bridgehead atoms. The Labute approximate surface area is 213 Å². The zero-order valence-corrected chi connectivity index (χ0v) is 21.0. The van der Waals surface area contributed by atoms with Gasteiger partial charge in [-0.3, -0.25) is 0 Å². The molecule has 0 spiro atoms. The van der Waals surface area contributed by atoms with Crippen LogP contribution >= 0.6 is 15.9 Å². The molecule has 36 heavy (non-hydrogen) atoms. The van der Waals surface area contributed by atoms with E-state index in [1.54, 1.807) is 4.68 Å². The van der Waals surface area contributed by atoms with Crippen LogP contribution in [0.5, 0.6) is 0 Å². The van der Waals surface area contributed by atoms with Crippen LogP contribution in [-0.4, -0.2) is 91.5 Å². The fraction of sp³-hybridized carbons (Fsp3) is 0.545.